The number of carbonyl (C=O) groups is 1. The first-order valence-corrected chi connectivity index (χ1v) is 5.15. The smallest absolute Gasteiger partial charge is 0.320 e. The van der Waals surface area contributed by atoms with Crippen molar-refractivity contribution in [1.29, 1.82) is 0 Å². The number of carboxylic acids is 1. The van der Waals surface area contributed by atoms with Gasteiger partial charge in [0.1, 0.15) is 6.04 Å². The highest BCUT2D eigenvalue weighted by atomic mass is 16.4. The number of nitrogens with two attached hydrogens (primary N) is 1. The van der Waals surface area contributed by atoms with E-state index in [0.29, 0.717) is 12.3 Å². The fourth-order valence-corrected chi connectivity index (χ4v) is 2.62. The normalized spacial score (nSPS) is 39.3. The molecule has 74 valence electrons. The van der Waals surface area contributed by atoms with E-state index in [-0.39, 0.29) is 0 Å². The first kappa shape index (κ1) is 9.00. The number of fused-ring (bicyclic) bond motifs is 1. The zero-order chi connectivity index (χ0) is 9.42. The van der Waals surface area contributed by atoms with E-state index in [4.69, 9.17) is 10.8 Å². The molecule has 0 bridgehead atoms. The largest absolute Gasteiger partial charge is 0.480 e. The van der Waals surface area contributed by atoms with Crippen LogP contribution < -0.4 is 5.73 Å². The van der Waals surface area contributed by atoms with Crippen molar-refractivity contribution in [2.75, 3.05) is 0 Å². The Labute approximate surface area is 78.3 Å². The van der Waals surface area contributed by atoms with Crippen LogP contribution in [0.4, 0.5) is 0 Å². The third-order valence-electron chi connectivity index (χ3n) is 3.56. The van der Waals surface area contributed by atoms with Gasteiger partial charge in [-0.15, -0.1) is 0 Å². The first-order chi connectivity index (χ1) is 6.16. The lowest BCUT2D eigenvalue weighted by atomic mass is 9.85. The van der Waals surface area contributed by atoms with E-state index < -0.39 is 12.0 Å². The number of carboxylic acid groups (broad SMARTS) is 1. The molecule has 3 N–H and O–H groups in total. The molecule has 0 heterocycles. The van der Waals surface area contributed by atoms with Crippen molar-refractivity contribution in [2.45, 2.75) is 38.1 Å². The predicted molar refractivity (Wildman–Crippen MR) is 49.2 cm³/mol. The molecule has 0 amide bonds. The maximum Gasteiger partial charge on any atom is 0.320 e. The van der Waals surface area contributed by atoms with Crippen LogP contribution in [0.25, 0.3) is 0 Å². The number of hydrogen-bond donors (Lipinski definition) is 2. The average molecular weight is 183 g/mol. The standard InChI is InChI=1S/C10H17NO2/c11-9(10(12)13)4-6-1-2-7-5-8(7)3-6/h6-9H,1-5,11H2,(H,12,13)/t6?,7?,8?,9-/m1/s1. The van der Waals surface area contributed by atoms with Crippen molar-refractivity contribution in [2.24, 2.45) is 23.5 Å². The Bertz CT molecular complexity index is 217. The molecule has 2 aliphatic carbocycles. The quantitative estimate of drug-likeness (QED) is 0.691. The molecule has 2 saturated carbocycles. The Morgan fingerprint density at radius 3 is 2.77 bits per heavy atom. The maximum atomic E-state index is 10.5. The summed E-state index contributed by atoms with van der Waals surface area (Å²) in [6.45, 7) is 0. The Morgan fingerprint density at radius 2 is 2.15 bits per heavy atom. The van der Waals surface area contributed by atoms with Crippen molar-refractivity contribution < 1.29 is 9.90 Å². The molecular weight excluding hydrogens is 166 g/mol. The van der Waals surface area contributed by atoms with Gasteiger partial charge in [-0.1, -0.05) is 6.42 Å². The van der Waals surface area contributed by atoms with E-state index >= 15 is 0 Å². The molecule has 0 radical (unpaired) electrons. The van der Waals surface area contributed by atoms with Gasteiger partial charge in [-0.05, 0) is 43.4 Å². The monoisotopic (exact) mass is 183 g/mol. The Balaban J connectivity index is 1.77. The van der Waals surface area contributed by atoms with Gasteiger partial charge in [-0.25, -0.2) is 0 Å². The highest BCUT2D eigenvalue weighted by Crippen LogP contribution is 2.52. The second-order valence-electron chi connectivity index (χ2n) is 4.62. The summed E-state index contributed by atoms with van der Waals surface area (Å²) < 4.78 is 0. The second kappa shape index (κ2) is 3.29. The van der Waals surface area contributed by atoms with Crippen LogP contribution in [0.2, 0.25) is 0 Å². The van der Waals surface area contributed by atoms with Crippen LogP contribution >= 0.6 is 0 Å². The van der Waals surface area contributed by atoms with Crippen LogP contribution in [-0.2, 0) is 4.79 Å². The fraction of sp³-hybridized carbons (Fsp3) is 0.900. The van der Waals surface area contributed by atoms with Crippen LogP contribution in [0.3, 0.4) is 0 Å². The van der Waals surface area contributed by atoms with Crippen molar-refractivity contribution in [1.82, 2.24) is 0 Å². The van der Waals surface area contributed by atoms with Gasteiger partial charge in [0.15, 0.2) is 0 Å². The molecule has 0 spiro atoms. The van der Waals surface area contributed by atoms with Gasteiger partial charge < -0.3 is 10.8 Å². The highest BCUT2D eigenvalue weighted by molar-refractivity contribution is 5.73. The first-order valence-electron chi connectivity index (χ1n) is 5.15. The zero-order valence-corrected chi connectivity index (χ0v) is 7.78. The minimum absolute atomic E-state index is 0.579. The van der Waals surface area contributed by atoms with Gasteiger partial charge >= 0.3 is 5.97 Å². The summed E-state index contributed by atoms with van der Waals surface area (Å²) in [7, 11) is 0. The lowest BCUT2D eigenvalue weighted by molar-refractivity contribution is -0.139. The molecule has 3 heteroatoms. The van der Waals surface area contributed by atoms with Crippen molar-refractivity contribution in [3.05, 3.63) is 0 Å². The average Bonchev–Trinajstić information content (AvgIpc) is 2.81. The lowest BCUT2D eigenvalue weighted by Crippen LogP contribution is -2.33. The molecule has 0 aromatic rings. The van der Waals surface area contributed by atoms with E-state index in [0.717, 1.165) is 11.8 Å². The Hall–Kier alpha value is -0.570. The molecule has 2 aliphatic rings. The Kier molecular flexibility index (Phi) is 2.28. The number of hydrogen-bond acceptors (Lipinski definition) is 2. The van der Waals surface area contributed by atoms with Gasteiger partial charge in [0.05, 0.1) is 0 Å². The minimum atomic E-state index is -0.849. The summed E-state index contributed by atoms with van der Waals surface area (Å²) in [5.74, 6) is 1.63. The summed E-state index contributed by atoms with van der Waals surface area (Å²) in [5.41, 5.74) is 5.51. The van der Waals surface area contributed by atoms with E-state index in [1.54, 1.807) is 0 Å². The van der Waals surface area contributed by atoms with Crippen molar-refractivity contribution in [3.8, 4) is 0 Å². The van der Waals surface area contributed by atoms with Crippen molar-refractivity contribution in [3.63, 3.8) is 0 Å². The lowest BCUT2D eigenvalue weighted by Gasteiger charge is -2.22. The van der Waals surface area contributed by atoms with Crippen LogP contribution in [0.5, 0.6) is 0 Å². The molecule has 3 unspecified atom stereocenters. The van der Waals surface area contributed by atoms with Gasteiger partial charge in [0, 0.05) is 0 Å². The molecule has 4 atom stereocenters. The summed E-state index contributed by atoms with van der Waals surface area (Å²) in [6.07, 6.45) is 5.80. The minimum Gasteiger partial charge on any atom is -0.480 e. The van der Waals surface area contributed by atoms with Gasteiger partial charge in [-0.3, -0.25) is 4.79 Å². The van der Waals surface area contributed by atoms with E-state index in [9.17, 15) is 4.79 Å². The third-order valence-corrected chi connectivity index (χ3v) is 3.56. The van der Waals surface area contributed by atoms with Crippen LogP contribution in [0, 0.1) is 17.8 Å². The molecule has 0 aromatic heterocycles. The molecule has 0 aromatic carbocycles. The molecule has 0 saturated heterocycles. The predicted octanol–water partition coefficient (Wildman–Crippen LogP) is 1.22. The SMILES string of the molecule is N[C@H](CC1CCC2CC2C1)C(=O)O. The van der Waals surface area contributed by atoms with Crippen LogP contribution in [0.15, 0.2) is 0 Å². The number of aliphatic carboxylic acids is 1. The van der Waals surface area contributed by atoms with E-state index in [1.165, 1.54) is 25.7 Å². The zero-order valence-electron chi connectivity index (χ0n) is 7.78. The van der Waals surface area contributed by atoms with Gasteiger partial charge in [-0.2, -0.15) is 0 Å². The molecule has 0 aliphatic heterocycles. The van der Waals surface area contributed by atoms with Crippen LogP contribution in [0.1, 0.15) is 32.1 Å². The van der Waals surface area contributed by atoms with Crippen LogP contribution in [-0.4, -0.2) is 17.1 Å². The fourth-order valence-electron chi connectivity index (χ4n) is 2.62. The maximum absolute atomic E-state index is 10.5. The molecular formula is C10H17NO2. The highest BCUT2D eigenvalue weighted by Gasteiger charge is 2.42. The van der Waals surface area contributed by atoms with Crippen molar-refractivity contribution >= 4 is 5.97 Å². The summed E-state index contributed by atoms with van der Waals surface area (Å²) >= 11 is 0. The second-order valence-corrected chi connectivity index (χ2v) is 4.62. The Morgan fingerprint density at radius 1 is 1.38 bits per heavy atom. The van der Waals surface area contributed by atoms with Gasteiger partial charge in [0.2, 0.25) is 0 Å². The van der Waals surface area contributed by atoms with E-state index in [2.05, 4.69) is 0 Å². The van der Waals surface area contributed by atoms with E-state index in [1.807, 2.05) is 0 Å². The number of rotatable bonds is 3. The topological polar surface area (TPSA) is 63.3 Å². The van der Waals surface area contributed by atoms with Gasteiger partial charge in [0.25, 0.3) is 0 Å². The molecule has 13 heavy (non-hydrogen) atoms. The molecule has 2 fully saturated rings. The summed E-state index contributed by atoms with van der Waals surface area (Å²) in [6, 6.07) is -0.639. The molecule has 2 rings (SSSR count). The summed E-state index contributed by atoms with van der Waals surface area (Å²) in [5, 5.41) is 8.66. The molecule has 3 nitrogen and oxygen atoms in total. The summed E-state index contributed by atoms with van der Waals surface area (Å²) in [4.78, 5) is 10.5. The third kappa shape index (κ3) is 2.02.